The highest BCUT2D eigenvalue weighted by molar-refractivity contribution is 8.04. The number of thioether (sulfide) groups is 1. The highest BCUT2D eigenvalue weighted by Crippen LogP contribution is 2.39. The highest BCUT2D eigenvalue weighted by Gasteiger charge is 2.42. The van der Waals surface area contributed by atoms with Crippen molar-refractivity contribution in [3.8, 4) is 5.75 Å². The van der Waals surface area contributed by atoms with Crippen molar-refractivity contribution >= 4 is 29.3 Å². The first-order valence-electron chi connectivity index (χ1n) is 9.85. The number of likely N-dealkylation sites (tertiary alicyclic amines) is 1. The molecule has 0 bridgehead atoms. The number of piperidine rings is 1. The van der Waals surface area contributed by atoms with Crippen LogP contribution in [0.3, 0.4) is 0 Å². The number of hydrogen-bond acceptors (Lipinski definition) is 5. The van der Waals surface area contributed by atoms with E-state index in [0.29, 0.717) is 22.0 Å². The van der Waals surface area contributed by atoms with Gasteiger partial charge in [0, 0.05) is 18.0 Å². The second kappa shape index (κ2) is 8.33. The maximum Gasteiger partial charge on any atom is 0.283 e. The van der Waals surface area contributed by atoms with Crippen molar-refractivity contribution in [3.05, 3.63) is 64.7 Å². The fourth-order valence-electron chi connectivity index (χ4n) is 3.68. The van der Waals surface area contributed by atoms with Gasteiger partial charge in [-0.3, -0.25) is 9.59 Å². The number of hydrogen-bond donors (Lipinski definition) is 0. The van der Waals surface area contributed by atoms with Gasteiger partial charge in [0.25, 0.3) is 11.8 Å². The average Bonchev–Trinajstić information content (AvgIpc) is 3.00. The summed E-state index contributed by atoms with van der Waals surface area (Å²) in [5, 5.41) is 0. The molecular weight excluding hydrogens is 384 g/mol. The quantitative estimate of drug-likeness (QED) is 0.688. The van der Waals surface area contributed by atoms with Gasteiger partial charge in [-0.2, -0.15) is 0 Å². The Morgan fingerprint density at radius 1 is 0.862 bits per heavy atom. The van der Waals surface area contributed by atoms with Gasteiger partial charge in [0.2, 0.25) is 0 Å². The van der Waals surface area contributed by atoms with Crippen LogP contribution in [0.2, 0.25) is 0 Å². The Morgan fingerprint density at radius 2 is 1.52 bits per heavy atom. The Bertz CT molecular complexity index is 945. The second-order valence-electron chi connectivity index (χ2n) is 7.28. The summed E-state index contributed by atoms with van der Waals surface area (Å²) < 4.78 is 5.20. The van der Waals surface area contributed by atoms with Gasteiger partial charge in [-0.15, -0.1) is 0 Å². The lowest BCUT2D eigenvalue weighted by atomic mass is 10.1. The first-order valence-corrected chi connectivity index (χ1v) is 10.7. The number of nitrogens with zero attached hydrogens (tertiary/aromatic N) is 2. The maximum atomic E-state index is 13.4. The van der Waals surface area contributed by atoms with Crippen LogP contribution in [0.15, 0.2) is 64.0 Å². The molecule has 6 heteroatoms. The second-order valence-corrected chi connectivity index (χ2v) is 8.37. The minimum atomic E-state index is -0.258. The summed E-state index contributed by atoms with van der Waals surface area (Å²) in [5.41, 5.74) is 2.26. The lowest BCUT2D eigenvalue weighted by Gasteiger charge is -2.29. The van der Waals surface area contributed by atoms with E-state index in [1.807, 2.05) is 31.2 Å². The molecule has 1 saturated heterocycles. The SMILES string of the molecule is COc1ccc(N2C(=O)C(Sc3ccc(C)cc3)=C(N3CCCCC3)C2=O)cc1. The van der Waals surface area contributed by atoms with Crippen LogP contribution in [0, 0.1) is 6.92 Å². The summed E-state index contributed by atoms with van der Waals surface area (Å²) >= 11 is 1.38. The van der Waals surface area contributed by atoms with E-state index < -0.39 is 0 Å². The number of aryl methyl sites for hydroxylation is 1. The standard InChI is InChI=1S/C23H24N2O3S/c1-16-6-12-19(13-7-16)29-21-20(24-14-4-3-5-15-24)22(26)25(23(21)27)17-8-10-18(28-2)11-9-17/h6-13H,3-5,14-15H2,1-2H3. The van der Waals surface area contributed by atoms with Gasteiger partial charge in [0.15, 0.2) is 0 Å². The van der Waals surface area contributed by atoms with Crippen LogP contribution in [-0.2, 0) is 9.59 Å². The van der Waals surface area contributed by atoms with Crippen molar-refractivity contribution < 1.29 is 14.3 Å². The molecule has 5 nitrogen and oxygen atoms in total. The van der Waals surface area contributed by atoms with Gasteiger partial charge in [-0.25, -0.2) is 4.90 Å². The third-order valence-corrected chi connectivity index (χ3v) is 6.34. The Hall–Kier alpha value is -2.73. The highest BCUT2D eigenvalue weighted by atomic mass is 32.2. The van der Waals surface area contributed by atoms with E-state index in [4.69, 9.17) is 4.74 Å². The molecule has 1 fully saturated rings. The Balaban J connectivity index is 1.71. The van der Waals surface area contributed by atoms with E-state index in [9.17, 15) is 9.59 Å². The maximum absolute atomic E-state index is 13.4. The first kappa shape index (κ1) is 19.6. The molecule has 2 aliphatic heterocycles. The lowest BCUT2D eigenvalue weighted by Crippen LogP contribution is -2.37. The summed E-state index contributed by atoms with van der Waals surface area (Å²) in [5.74, 6) is 0.189. The minimum Gasteiger partial charge on any atom is -0.497 e. The van der Waals surface area contributed by atoms with E-state index in [0.717, 1.165) is 42.8 Å². The average molecular weight is 409 g/mol. The lowest BCUT2D eigenvalue weighted by molar-refractivity contribution is -0.121. The Kier molecular flexibility index (Phi) is 5.62. The largest absolute Gasteiger partial charge is 0.497 e. The molecule has 0 aromatic heterocycles. The molecular formula is C23H24N2O3S. The number of imide groups is 1. The molecule has 0 atom stereocenters. The molecule has 0 aliphatic carbocycles. The van der Waals surface area contributed by atoms with E-state index in [1.54, 1.807) is 31.4 Å². The molecule has 2 amide bonds. The fourth-order valence-corrected chi connectivity index (χ4v) is 4.68. The van der Waals surface area contributed by atoms with Crippen LogP contribution in [0.4, 0.5) is 5.69 Å². The van der Waals surface area contributed by atoms with Crippen LogP contribution in [-0.4, -0.2) is 36.9 Å². The molecule has 2 aromatic carbocycles. The summed E-state index contributed by atoms with van der Waals surface area (Å²) in [4.78, 5) is 31.6. The molecule has 2 aliphatic rings. The van der Waals surface area contributed by atoms with Crippen LogP contribution < -0.4 is 9.64 Å². The molecule has 4 rings (SSSR count). The molecule has 150 valence electrons. The van der Waals surface area contributed by atoms with Gasteiger partial charge in [-0.05, 0) is 62.6 Å². The third-order valence-electron chi connectivity index (χ3n) is 5.26. The third kappa shape index (κ3) is 3.90. The van der Waals surface area contributed by atoms with Crippen LogP contribution in [0.1, 0.15) is 24.8 Å². The zero-order valence-corrected chi connectivity index (χ0v) is 17.5. The van der Waals surface area contributed by atoms with Crippen molar-refractivity contribution in [2.75, 3.05) is 25.1 Å². The van der Waals surface area contributed by atoms with Crippen LogP contribution >= 0.6 is 11.8 Å². The predicted molar refractivity (Wildman–Crippen MR) is 115 cm³/mol. The number of benzene rings is 2. The van der Waals surface area contributed by atoms with E-state index in [2.05, 4.69) is 4.90 Å². The minimum absolute atomic E-state index is 0.239. The monoisotopic (exact) mass is 408 g/mol. The van der Waals surface area contributed by atoms with Gasteiger partial charge >= 0.3 is 0 Å². The predicted octanol–water partition coefficient (Wildman–Crippen LogP) is 4.37. The zero-order valence-electron chi connectivity index (χ0n) is 16.7. The van der Waals surface area contributed by atoms with Gasteiger partial charge in [-0.1, -0.05) is 29.5 Å². The summed E-state index contributed by atoms with van der Waals surface area (Å²) in [6, 6.07) is 15.1. The molecule has 0 unspecified atom stereocenters. The van der Waals surface area contributed by atoms with Crippen molar-refractivity contribution in [2.45, 2.75) is 31.1 Å². The molecule has 2 heterocycles. The summed E-state index contributed by atoms with van der Waals surface area (Å²) in [7, 11) is 1.59. The number of ether oxygens (including phenoxy) is 1. The molecule has 0 radical (unpaired) electrons. The smallest absolute Gasteiger partial charge is 0.283 e. The number of amides is 2. The van der Waals surface area contributed by atoms with E-state index >= 15 is 0 Å². The Labute approximate surface area is 175 Å². The first-order chi connectivity index (χ1) is 14.1. The summed E-state index contributed by atoms with van der Waals surface area (Å²) in [6.07, 6.45) is 3.24. The van der Waals surface area contributed by atoms with Crippen LogP contribution in [0.25, 0.3) is 0 Å². The van der Waals surface area contributed by atoms with Crippen LogP contribution in [0.5, 0.6) is 5.75 Å². The van der Waals surface area contributed by atoms with Gasteiger partial charge in [0.05, 0.1) is 12.8 Å². The van der Waals surface area contributed by atoms with Crippen molar-refractivity contribution in [1.82, 2.24) is 4.90 Å². The number of carbonyl (C=O) groups excluding carboxylic acids is 2. The molecule has 2 aromatic rings. The van der Waals surface area contributed by atoms with E-state index in [1.165, 1.54) is 16.7 Å². The molecule has 0 N–H and O–H groups in total. The number of anilines is 1. The number of methoxy groups -OCH3 is 1. The Morgan fingerprint density at radius 3 is 2.14 bits per heavy atom. The molecule has 0 spiro atoms. The number of carbonyl (C=O) groups is 2. The molecule has 0 saturated carbocycles. The summed E-state index contributed by atoms with van der Waals surface area (Å²) in [6.45, 7) is 3.65. The fraction of sp³-hybridized carbons (Fsp3) is 0.304. The van der Waals surface area contributed by atoms with Crippen molar-refractivity contribution in [1.29, 1.82) is 0 Å². The van der Waals surface area contributed by atoms with Crippen molar-refractivity contribution in [3.63, 3.8) is 0 Å². The van der Waals surface area contributed by atoms with E-state index in [-0.39, 0.29) is 11.8 Å². The normalized spacial score (nSPS) is 17.3. The molecule has 29 heavy (non-hydrogen) atoms. The van der Waals surface area contributed by atoms with Gasteiger partial charge < -0.3 is 9.64 Å². The van der Waals surface area contributed by atoms with Gasteiger partial charge in [0.1, 0.15) is 16.4 Å². The number of rotatable bonds is 5. The van der Waals surface area contributed by atoms with Crippen molar-refractivity contribution in [2.24, 2.45) is 0 Å². The topological polar surface area (TPSA) is 49.9 Å². The zero-order chi connectivity index (χ0) is 20.4.